The third-order valence-electron chi connectivity index (χ3n) is 4.00. The Hall–Kier alpha value is -1.40. The number of nitrogens with one attached hydrogen (secondary N) is 2. The van der Waals surface area contributed by atoms with Crippen molar-refractivity contribution in [3.8, 4) is 0 Å². The zero-order valence-corrected chi connectivity index (χ0v) is 14.6. The van der Waals surface area contributed by atoms with E-state index in [1.165, 1.54) is 11.3 Å². The number of nitrogens with two attached hydrogens (primary N) is 1. The Morgan fingerprint density at radius 3 is 2.41 bits per heavy atom. The second kappa shape index (κ2) is 8.29. The SMILES string of the molecule is CCC(N)(CC)CNC(=O)C(NC(=O)c1cccs1)C(C)C. The van der Waals surface area contributed by atoms with Crippen molar-refractivity contribution in [1.29, 1.82) is 0 Å². The lowest BCUT2D eigenvalue weighted by molar-refractivity contribution is -0.124. The minimum atomic E-state index is -0.562. The molecule has 0 fully saturated rings. The van der Waals surface area contributed by atoms with Crippen LogP contribution in [-0.4, -0.2) is 29.9 Å². The van der Waals surface area contributed by atoms with Gasteiger partial charge >= 0.3 is 0 Å². The van der Waals surface area contributed by atoms with Gasteiger partial charge < -0.3 is 16.4 Å². The fourth-order valence-corrected chi connectivity index (χ4v) is 2.66. The van der Waals surface area contributed by atoms with E-state index < -0.39 is 11.6 Å². The fourth-order valence-electron chi connectivity index (χ4n) is 2.03. The Morgan fingerprint density at radius 2 is 1.95 bits per heavy atom. The molecule has 0 bridgehead atoms. The van der Waals surface area contributed by atoms with Gasteiger partial charge in [0.2, 0.25) is 5.91 Å². The molecule has 0 radical (unpaired) electrons. The third-order valence-corrected chi connectivity index (χ3v) is 4.87. The van der Waals surface area contributed by atoms with Crippen LogP contribution in [0.4, 0.5) is 0 Å². The van der Waals surface area contributed by atoms with Crippen LogP contribution in [0.1, 0.15) is 50.2 Å². The molecule has 5 nitrogen and oxygen atoms in total. The standard InChI is InChI=1S/C16H27N3O2S/c1-5-16(17,6-2)10-18-15(21)13(11(3)4)19-14(20)12-8-7-9-22-12/h7-9,11,13H,5-6,10,17H2,1-4H3,(H,18,21)(H,19,20). The molecule has 0 aromatic carbocycles. The number of hydrogen-bond donors (Lipinski definition) is 3. The van der Waals surface area contributed by atoms with E-state index >= 15 is 0 Å². The minimum absolute atomic E-state index is 0.000611. The van der Waals surface area contributed by atoms with Crippen molar-refractivity contribution in [1.82, 2.24) is 10.6 Å². The monoisotopic (exact) mass is 325 g/mol. The summed E-state index contributed by atoms with van der Waals surface area (Å²) in [5.74, 6) is -0.398. The fraction of sp³-hybridized carbons (Fsp3) is 0.625. The van der Waals surface area contributed by atoms with Crippen LogP contribution in [0.5, 0.6) is 0 Å². The van der Waals surface area contributed by atoms with E-state index in [-0.39, 0.29) is 17.7 Å². The molecule has 2 amide bonds. The van der Waals surface area contributed by atoms with E-state index in [0.717, 1.165) is 12.8 Å². The molecule has 0 spiro atoms. The molecule has 0 aliphatic carbocycles. The molecular weight excluding hydrogens is 298 g/mol. The van der Waals surface area contributed by atoms with Gasteiger partial charge in [0.05, 0.1) is 4.88 Å². The van der Waals surface area contributed by atoms with Crippen LogP contribution in [0.2, 0.25) is 0 Å². The van der Waals surface area contributed by atoms with Gasteiger partial charge in [0, 0.05) is 12.1 Å². The second-order valence-corrected chi connectivity index (χ2v) is 6.91. The molecule has 0 saturated carbocycles. The summed E-state index contributed by atoms with van der Waals surface area (Å²) in [4.78, 5) is 25.1. The highest BCUT2D eigenvalue weighted by Crippen LogP contribution is 2.12. The van der Waals surface area contributed by atoms with Gasteiger partial charge in [-0.25, -0.2) is 0 Å². The number of amides is 2. The molecule has 0 aliphatic rings. The molecule has 0 aliphatic heterocycles. The maximum absolute atomic E-state index is 12.4. The zero-order chi connectivity index (χ0) is 16.8. The number of carbonyl (C=O) groups excluding carboxylic acids is 2. The average molecular weight is 325 g/mol. The van der Waals surface area contributed by atoms with Crippen molar-refractivity contribution >= 4 is 23.2 Å². The van der Waals surface area contributed by atoms with Crippen molar-refractivity contribution < 1.29 is 9.59 Å². The molecule has 1 atom stereocenters. The topological polar surface area (TPSA) is 84.2 Å². The normalized spacial score (nSPS) is 13.0. The predicted molar refractivity (Wildman–Crippen MR) is 90.9 cm³/mol. The quantitative estimate of drug-likeness (QED) is 0.684. The highest BCUT2D eigenvalue weighted by molar-refractivity contribution is 7.12. The molecule has 1 heterocycles. The van der Waals surface area contributed by atoms with Gasteiger partial charge in [0.1, 0.15) is 6.04 Å². The molecule has 1 aromatic heterocycles. The molecule has 1 aromatic rings. The molecule has 6 heteroatoms. The molecule has 1 rings (SSSR count). The lowest BCUT2D eigenvalue weighted by Gasteiger charge is -2.29. The highest BCUT2D eigenvalue weighted by atomic mass is 32.1. The lowest BCUT2D eigenvalue weighted by Crippen LogP contribution is -2.55. The third kappa shape index (κ3) is 5.10. The van der Waals surface area contributed by atoms with Gasteiger partial charge in [-0.2, -0.15) is 0 Å². The first-order valence-electron chi connectivity index (χ1n) is 7.74. The summed E-state index contributed by atoms with van der Waals surface area (Å²) in [5, 5.41) is 7.53. The smallest absolute Gasteiger partial charge is 0.262 e. The maximum Gasteiger partial charge on any atom is 0.262 e. The summed E-state index contributed by atoms with van der Waals surface area (Å²) in [7, 11) is 0. The minimum Gasteiger partial charge on any atom is -0.352 e. The van der Waals surface area contributed by atoms with Crippen LogP contribution in [0, 0.1) is 5.92 Å². The summed E-state index contributed by atoms with van der Waals surface area (Å²) >= 11 is 1.36. The van der Waals surface area contributed by atoms with Gasteiger partial charge in [-0.15, -0.1) is 11.3 Å². The summed E-state index contributed by atoms with van der Waals surface area (Å²) in [5.41, 5.74) is 5.81. The van der Waals surface area contributed by atoms with Crippen molar-refractivity contribution in [2.75, 3.05) is 6.54 Å². The van der Waals surface area contributed by atoms with E-state index in [4.69, 9.17) is 5.73 Å². The Kier molecular flexibility index (Phi) is 7.03. The first kappa shape index (κ1) is 18.6. The summed E-state index contributed by atoms with van der Waals surface area (Å²) in [6.07, 6.45) is 1.58. The van der Waals surface area contributed by atoms with Gasteiger partial charge in [-0.1, -0.05) is 33.8 Å². The van der Waals surface area contributed by atoms with E-state index in [0.29, 0.717) is 11.4 Å². The van der Waals surface area contributed by atoms with Gasteiger partial charge in [-0.3, -0.25) is 9.59 Å². The second-order valence-electron chi connectivity index (χ2n) is 5.96. The number of hydrogen-bond acceptors (Lipinski definition) is 4. The summed E-state index contributed by atoms with van der Waals surface area (Å²) < 4.78 is 0. The van der Waals surface area contributed by atoms with Crippen LogP contribution < -0.4 is 16.4 Å². The highest BCUT2D eigenvalue weighted by Gasteiger charge is 2.27. The predicted octanol–water partition coefficient (Wildman–Crippen LogP) is 2.14. The van der Waals surface area contributed by atoms with E-state index in [2.05, 4.69) is 10.6 Å². The number of rotatable bonds is 8. The zero-order valence-electron chi connectivity index (χ0n) is 13.8. The van der Waals surface area contributed by atoms with Crippen LogP contribution in [0.15, 0.2) is 17.5 Å². The molecule has 4 N–H and O–H groups in total. The maximum atomic E-state index is 12.4. The van der Waals surface area contributed by atoms with Crippen LogP contribution >= 0.6 is 11.3 Å². The Morgan fingerprint density at radius 1 is 1.32 bits per heavy atom. The largest absolute Gasteiger partial charge is 0.352 e. The van der Waals surface area contributed by atoms with Crippen molar-refractivity contribution in [2.45, 2.75) is 52.1 Å². The van der Waals surface area contributed by atoms with Gasteiger partial charge in [0.25, 0.3) is 5.91 Å². The molecule has 0 saturated heterocycles. The average Bonchev–Trinajstić information content (AvgIpc) is 3.03. The van der Waals surface area contributed by atoms with Crippen molar-refractivity contribution in [3.63, 3.8) is 0 Å². The Labute approximate surface area is 136 Å². The van der Waals surface area contributed by atoms with E-state index in [1.54, 1.807) is 6.07 Å². The molecule has 124 valence electrons. The first-order valence-corrected chi connectivity index (χ1v) is 8.62. The summed E-state index contributed by atoms with van der Waals surface area (Å²) in [6, 6.07) is 3.00. The van der Waals surface area contributed by atoms with Crippen molar-refractivity contribution in [3.05, 3.63) is 22.4 Å². The molecular formula is C16H27N3O2S. The van der Waals surface area contributed by atoms with Crippen LogP contribution in [0.3, 0.4) is 0 Å². The van der Waals surface area contributed by atoms with Crippen LogP contribution in [0.25, 0.3) is 0 Å². The van der Waals surface area contributed by atoms with Gasteiger partial charge in [0.15, 0.2) is 0 Å². The lowest BCUT2D eigenvalue weighted by atomic mass is 9.94. The summed E-state index contributed by atoms with van der Waals surface area (Å²) in [6.45, 7) is 8.25. The van der Waals surface area contributed by atoms with E-state index in [9.17, 15) is 9.59 Å². The Bertz CT molecular complexity index is 482. The molecule has 22 heavy (non-hydrogen) atoms. The first-order chi connectivity index (χ1) is 10.3. The van der Waals surface area contributed by atoms with E-state index in [1.807, 2.05) is 39.1 Å². The molecule has 1 unspecified atom stereocenters. The van der Waals surface area contributed by atoms with Crippen LogP contribution in [-0.2, 0) is 4.79 Å². The van der Waals surface area contributed by atoms with Crippen molar-refractivity contribution in [2.24, 2.45) is 11.7 Å². The Balaban J connectivity index is 2.66. The van der Waals surface area contributed by atoms with Gasteiger partial charge in [-0.05, 0) is 30.2 Å². The number of carbonyl (C=O) groups is 2. The number of thiophene rings is 1.